The van der Waals surface area contributed by atoms with Gasteiger partial charge in [0.05, 0.1) is 12.8 Å². The topological polar surface area (TPSA) is 104 Å². The van der Waals surface area contributed by atoms with E-state index < -0.39 is 11.9 Å². The molecule has 34 heavy (non-hydrogen) atoms. The number of hydrogen-bond acceptors (Lipinski definition) is 4. The van der Waals surface area contributed by atoms with Crippen LogP contribution >= 0.6 is 0 Å². The van der Waals surface area contributed by atoms with Crippen LogP contribution in [0.15, 0.2) is 84.6 Å². The Hall–Kier alpha value is -4.83. The minimum absolute atomic E-state index is 0.120. The zero-order valence-electron chi connectivity index (χ0n) is 18.4. The highest BCUT2D eigenvalue weighted by molar-refractivity contribution is 6.11. The average molecular weight is 451 g/mol. The minimum Gasteiger partial charge on any atom is -0.495 e. The van der Waals surface area contributed by atoms with Crippen LogP contribution in [0.5, 0.6) is 5.75 Å². The minimum atomic E-state index is -0.986. The van der Waals surface area contributed by atoms with Crippen LogP contribution in [0, 0.1) is 11.3 Å². The molecule has 1 heterocycles. The van der Waals surface area contributed by atoms with Crippen molar-refractivity contribution in [3.8, 4) is 22.9 Å². The number of amides is 1. The second-order valence-electron chi connectivity index (χ2n) is 7.53. The lowest BCUT2D eigenvalue weighted by Gasteiger charge is -2.12. The number of hydrogen-bond donors (Lipinski definition) is 2. The van der Waals surface area contributed by atoms with E-state index in [1.54, 1.807) is 35.0 Å². The van der Waals surface area contributed by atoms with Crippen LogP contribution < -0.4 is 10.1 Å². The van der Waals surface area contributed by atoms with E-state index in [0.717, 1.165) is 16.5 Å². The molecule has 3 aromatic carbocycles. The molecule has 168 valence electrons. The van der Waals surface area contributed by atoms with E-state index >= 15 is 0 Å². The Labute approximate surface area is 196 Å². The molecule has 1 amide bonds. The van der Waals surface area contributed by atoms with Crippen LogP contribution in [0.2, 0.25) is 0 Å². The van der Waals surface area contributed by atoms with Crippen molar-refractivity contribution >= 4 is 34.5 Å². The molecule has 0 fully saturated rings. The molecule has 0 radical (unpaired) electrons. The normalized spacial score (nSPS) is 11.1. The number of aromatic nitrogens is 1. The molecule has 0 aliphatic rings. The Morgan fingerprint density at radius 3 is 2.50 bits per heavy atom. The fourth-order valence-corrected chi connectivity index (χ4v) is 3.78. The largest absolute Gasteiger partial charge is 0.495 e. The highest BCUT2D eigenvalue weighted by atomic mass is 16.5. The Balaban J connectivity index is 1.68. The number of benzene rings is 3. The van der Waals surface area contributed by atoms with Gasteiger partial charge in [0, 0.05) is 22.7 Å². The molecule has 4 rings (SSSR count). The van der Waals surface area contributed by atoms with Gasteiger partial charge in [0.25, 0.3) is 5.91 Å². The maximum absolute atomic E-state index is 13.0. The first-order valence-electron chi connectivity index (χ1n) is 10.5. The summed E-state index contributed by atoms with van der Waals surface area (Å²) >= 11 is 0. The van der Waals surface area contributed by atoms with Gasteiger partial charge in [-0.1, -0.05) is 54.6 Å². The monoisotopic (exact) mass is 451 g/mol. The van der Waals surface area contributed by atoms with Gasteiger partial charge < -0.3 is 19.7 Å². The van der Waals surface area contributed by atoms with Crippen molar-refractivity contribution in [1.82, 2.24) is 4.57 Å². The molecule has 7 nitrogen and oxygen atoms in total. The van der Waals surface area contributed by atoms with Gasteiger partial charge in [-0.05, 0) is 35.4 Å². The van der Waals surface area contributed by atoms with Crippen molar-refractivity contribution in [2.24, 2.45) is 0 Å². The smallest absolute Gasteiger partial charge is 0.323 e. The lowest BCUT2D eigenvalue weighted by molar-refractivity contribution is -0.137. The Morgan fingerprint density at radius 2 is 1.79 bits per heavy atom. The summed E-state index contributed by atoms with van der Waals surface area (Å²) in [5, 5.41) is 22.4. The van der Waals surface area contributed by atoms with E-state index in [9.17, 15) is 20.0 Å². The first kappa shape index (κ1) is 22.4. The molecule has 0 bridgehead atoms. The molecule has 0 aliphatic carbocycles. The fourth-order valence-electron chi connectivity index (χ4n) is 3.78. The van der Waals surface area contributed by atoms with Gasteiger partial charge in [0.15, 0.2) is 0 Å². The first-order valence-corrected chi connectivity index (χ1v) is 10.5. The third-order valence-electron chi connectivity index (χ3n) is 5.34. The Kier molecular flexibility index (Phi) is 6.42. The van der Waals surface area contributed by atoms with Crippen LogP contribution in [-0.4, -0.2) is 28.7 Å². The summed E-state index contributed by atoms with van der Waals surface area (Å²) in [6, 6.07) is 24.3. The van der Waals surface area contributed by atoms with E-state index in [2.05, 4.69) is 5.32 Å². The van der Waals surface area contributed by atoms with Gasteiger partial charge in [0.1, 0.15) is 23.9 Å². The molecule has 1 aromatic heterocycles. The second-order valence-corrected chi connectivity index (χ2v) is 7.53. The zero-order valence-corrected chi connectivity index (χ0v) is 18.4. The SMILES string of the molecule is COc1ccc(-c2ccccc2)cc1NC(=O)C(C#N)=Cc1cn(CC(=O)O)c2ccccc12. The standard InChI is InChI=1S/C27H21N3O4/c1-34-25-12-11-19(18-7-3-2-4-8-18)14-23(25)29-27(33)20(15-28)13-21-16-30(17-26(31)32)24-10-6-5-9-22(21)24/h2-14,16H,17H2,1H3,(H,29,33)(H,31,32). The summed E-state index contributed by atoms with van der Waals surface area (Å²) in [6.45, 7) is -0.230. The molecule has 0 saturated carbocycles. The summed E-state index contributed by atoms with van der Waals surface area (Å²) in [5.74, 6) is -1.12. The van der Waals surface area contributed by atoms with Crippen molar-refractivity contribution in [2.45, 2.75) is 6.54 Å². The maximum Gasteiger partial charge on any atom is 0.323 e. The molecule has 0 unspecified atom stereocenters. The molecule has 4 aromatic rings. The lowest BCUT2D eigenvalue weighted by atomic mass is 10.0. The van der Waals surface area contributed by atoms with Crippen molar-refractivity contribution in [3.63, 3.8) is 0 Å². The third kappa shape index (κ3) is 4.66. The predicted molar refractivity (Wildman–Crippen MR) is 130 cm³/mol. The second kappa shape index (κ2) is 9.76. The van der Waals surface area contributed by atoms with Crippen molar-refractivity contribution in [3.05, 3.63) is 90.1 Å². The summed E-state index contributed by atoms with van der Waals surface area (Å²) in [7, 11) is 1.51. The lowest BCUT2D eigenvalue weighted by Crippen LogP contribution is -2.14. The highest BCUT2D eigenvalue weighted by Crippen LogP contribution is 2.31. The number of nitriles is 1. The van der Waals surface area contributed by atoms with Gasteiger partial charge in [-0.25, -0.2) is 0 Å². The van der Waals surface area contributed by atoms with Gasteiger partial charge in [0.2, 0.25) is 0 Å². The predicted octanol–water partition coefficient (Wildman–Crippen LogP) is 4.95. The number of anilines is 1. The van der Waals surface area contributed by atoms with Crippen molar-refractivity contribution < 1.29 is 19.4 Å². The van der Waals surface area contributed by atoms with Gasteiger partial charge >= 0.3 is 5.97 Å². The molecule has 0 aliphatic heterocycles. The van der Waals surface area contributed by atoms with E-state index in [4.69, 9.17) is 4.74 Å². The first-order chi connectivity index (χ1) is 16.5. The van der Waals surface area contributed by atoms with Crippen LogP contribution in [0.4, 0.5) is 5.69 Å². The quantitative estimate of drug-likeness (QED) is 0.306. The third-order valence-corrected chi connectivity index (χ3v) is 5.34. The number of carboxylic acids is 1. The number of para-hydroxylation sites is 1. The van der Waals surface area contributed by atoms with E-state index in [1.807, 2.05) is 54.6 Å². The van der Waals surface area contributed by atoms with E-state index in [1.165, 1.54) is 13.2 Å². The van der Waals surface area contributed by atoms with Crippen LogP contribution in [-0.2, 0) is 16.1 Å². The summed E-state index contributed by atoms with van der Waals surface area (Å²) < 4.78 is 6.96. The van der Waals surface area contributed by atoms with E-state index in [-0.39, 0.29) is 12.1 Å². The summed E-state index contributed by atoms with van der Waals surface area (Å²) in [4.78, 5) is 24.3. The summed E-state index contributed by atoms with van der Waals surface area (Å²) in [6.07, 6.45) is 3.09. The van der Waals surface area contributed by atoms with E-state index in [0.29, 0.717) is 22.5 Å². The maximum atomic E-state index is 13.0. The molecule has 2 N–H and O–H groups in total. The zero-order chi connectivity index (χ0) is 24.1. The molecule has 0 atom stereocenters. The molecule has 0 saturated heterocycles. The number of aliphatic carboxylic acids is 1. The number of nitrogens with one attached hydrogen (secondary N) is 1. The number of fused-ring (bicyclic) bond motifs is 1. The number of ether oxygens (including phenoxy) is 1. The Bertz CT molecular complexity index is 1450. The number of methoxy groups -OCH3 is 1. The molecule has 7 heteroatoms. The highest BCUT2D eigenvalue weighted by Gasteiger charge is 2.16. The number of nitrogens with zero attached hydrogens (tertiary/aromatic N) is 2. The van der Waals surface area contributed by atoms with Crippen molar-refractivity contribution in [1.29, 1.82) is 5.26 Å². The van der Waals surface area contributed by atoms with Gasteiger partial charge in [-0.2, -0.15) is 5.26 Å². The van der Waals surface area contributed by atoms with Crippen LogP contribution in [0.3, 0.4) is 0 Å². The fraction of sp³-hybridized carbons (Fsp3) is 0.0741. The van der Waals surface area contributed by atoms with Crippen LogP contribution in [0.1, 0.15) is 5.56 Å². The molecular formula is C27H21N3O4. The number of carbonyl (C=O) groups excluding carboxylic acids is 1. The Morgan fingerprint density at radius 1 is 1.06 bits per heavy atom. The van der Waals surface area contributed by atoms with Gasteiger partial charge in [-0.15, -0.1) is 0 Å². The number of carbonyl (C=O) groups is 2. The van der Waals surface area contributed by atoms with Crippen molar-refractivity contribution in [2.75, 3.05) is 12.4 Å². The van der Waals surface area contributed by atoms with Crippen LogP contribution in [0.25, 0.3) is 28.1 Å². The average Bonchev–Trinajstić information content (AvgIpc) is 3.19. The number of rotatable bonds is 7. The van der Waals surface area contributed by atoms with Gasteiger partial charge in [-0.3, -0.25) is 9.59 Å². The molecular weight excluding hydrogens is 430 g/mol. The number of carboxylic acid groups (broad SMARTS) is 1. The molecule has 0 spiro atoms. The summed E-state index contributed by atoms with van der Waals surface area (Å²) in [5.41, 5.74) is 3.45.